The number of hydrogen-bond acceptors (Lipinski definition) is 6. The lowest BCUT2D eigenvalue weighted by Crippen LogP contribution is -2.52. The van der Waals surface area contributed by atoms with Gasteiger partial charge < -0.3 is 4.74 Å². The molecule has 1 saturated carbocycles. The molecule has 8 nitrogen and oxygen atoms in total. The van der Waals surface area contributed by atoms with Crippen molar-refractivity contribution in [3.63, 3.8) is 0 Å². The summed E-state index contributed by atoms with van der Waals surface area (Å²) in [6.45, 7) is 3.36. The number of esters is 1. The van der Waals surface area contributed by atoms with Crippen LogP contribution in [0.2, 0.25) is 10.0 Å². The molecule has 5 rings (SSSR count). The van der Waals surface area contributed by atoms with Crippen molar-refractivity contribution >= 4 is 52.7 Å². The quantitative estimate of drug-likeness (QED) is 0.138. The van der Waals surface area contributed by atoms with Crippen molar-refractivity contribution in [2.75, 3.05) is 6.54 Å². The van der Waals surface area contributed by atoms with Crippen LogP contribution in [0.4, 0.5) is 0 Å². The summed E-state index contributed by atoms with van der Waals surface area (Å²) in [5, 5.41) is 2.09. The zero-order chi connectivity index (χ0) is 30.1. The zero-order valence-electron chi connectivity index (χ0n) is 23.0. The lowest BCUT2D eigenvalue weighted by Gasteiger charge is -2.30. The van der Waals surface area contributed by atoms with Crippen LogP contribution in [0.5, 0.6) is 5.75 Å². The number of aryl methyl sites for hydroxylation is 1. The highest BCUT2D eigenvalue weighted by atomic mass is 35.5. The molecule has 3 amide bonds. The highest BCUT2D eigenvalue weighted by Gasteiger charge is 2.52. The number of carbonyl (C=O) groups excluding carboxylic acids is 5. The molecular weight excluding hydrogens is 579 g/mol. The van der Waals surface area contributed by atoms with E-state index in [4.69, 9.17) is 27.9 Å². The lowest BCUT2D eigenvalue weighted by molar-refractivity contribution is -0.154. The molecule has 3 aromatic carbocycles. The summed E-state index contributed by atoms with van der Waals surface area (Å²) < 4.78 is 5.41. The number of hydrogen-bond donors (Lipinski definition) is 0. The summed E-state index contributed by atoms with van der Waals surface area (Å²) in [7, 11) is 0. The third kappa shape index (κ3) is 5.96. The van der Waals surface area contributed by atoms with E-state index in [1.54, 1.807) is 24.3 Å². The minimum atomic E-state index is -0.737. The number of ketones is 1. The second-order valence-corrected chi connectivity index (χ2v) is 11.6. The zero-order valence-corrected chi connectivity index (χ0v) is 24.5. The number of imide groups is 1. The van der Waals surface area contributed by atoms with Crippen molar-refractivity contribution in [1.82, 2.24) is 10.0 Å². The number of fused-ring (bicyclic) bond motifs is 1. The lowest BCUT2D eigenvalue weighted by atomic mass is 9.76. The van der Waals surface area contributed by atoms with Gasteiger partial charge in [-0.3, -0.25) is 19.2 Å². The third-order valence-electron chi connectivity index (χ3n) is 7.77. The predicted molar refractivity (Wildman–Crippen MR) is 156 cm³/mol. The number of amides is 3. The maximum Gasteiger partial charge on any atom is 0.343 e. The van der Waals surface area contributed by atoms with Crippen LogP contribution in [0.25, 0.3) is 0 Å². The fourth-order valence-electron chi connectivity index (χ4n) is 5.41. The van der Waals surface area contributed by atoms with Crippen LogP contribution in [-0.4, -0.2) is 46.0 Å². The number of Topliss-reactive ketones (excluding diaryl/α,β-unsaturated/α-hetero) is 1. The molecular formula is C32H28Cl2N2O6. The molecule has 0 spiro atoms. The normalized spacial score (nSPS) is 19.8. The first-order valence-electron chi connectivity index (χ1n) is 13.6. The molecule has 0 unspecified atom stereocenters. The minimum absolute atomic E-state index is 0.0689. The number of benzene rings is 3. The van der Waals surface area contributed by atoms with Gasteiger partial charge in [0.25, 0.3) is 17.7 Å². The molecule has 10 heteroatoms. The number of carbonyl (C=O) groups is 5. The Morgan fingerprint density at radius 2 is 1.45 bits per heavy atom. The molecule has 2 fully saturated rings. The molecule has 0 radical (unpaired) electrons. The Morgan fingerprint density at radius 3 is 2.12 bits per heavy atom. The highest BCUT2D eigenvalue weighted by molar-refractivity contribution is 6.42. The summed E-state index contributed by atoms with van der Waals surface area (Å²) in [6, 6.07) is 16.9. The molecule has 42 heavy (non-hydrogen) atoms. The van der Waals surface area contributed by atoms with E-state index in [1.165, 1.54) is 42.5 Å². The summed E-state index contributed by atoms with van der Waals surface area (Å²) >= 11 is 12.2. The van der Waals surface area contributed by atoms with Crippen LogP contribution in [-0.2, 0) is 9.59 Å². The molecule has 1 heterocycles. The van der Waals surface area contributed by atoms with E-state index in [9.17, 15) is 24.0 Å². The number of rotatable bonds is 7. The van der Waals surface area contributed by atoms with Gasteiger partial charge in [0.05, 0.1) is 27.4 Å². The van der Waals surface area contributed by atoms with Crippen molar-refractivity contribution in [3.05, 3.63) is 99.0 Å². The molecule has 3 aromatic rings. The monoisotopic (exact) mass is 606 g/mol. The van der Waals surface area contributed by atoms with E-state index in [-0.39, 0.29) is 32.8 Å². The first-order valence-corrected chi connectivity index (χ1v) is 14.4. The first-order chi connectivity index (χ1) is 20.0. The third-order valence-corrected chi connectivity index (χ3v) is 8.51. The summed E-state index contributed by atoms with van der Waals surface area (Å²) in [6.07, 6.45) is 1.88. The van der Waals surface area contributed by atoms with Gasteiger partial charge in [0.1, 0.15) is 12.3 Å². The van der Waals surface area contributed by atoms with Crippen LogP contribution >= 0.6 is 23.2 Å². The molecule has 1 aliphatic heterocycles. The van der Waals surface area contributed by atoms with Crippen molar-refractivity contribution in [3.8, 4) is 5.75 Å². The van der Waals surface area contributed by atoms with Crippen molar-refractivity contribution in [2.45, 2.75) is 33.1 Å². The van der Waals surface area contributed by atoms with Gasteiger partial charge in [-0.1, -0.05) is 47.8 Å². The van der Waals surface area contributed by atoms with E-state index < -0.39 is 47.9 Å². The van der Waals surface area contributed by atoms with Crippen LogP contribution in [0.1, 0.15) is 62.8 Å². The van der Waals surface area contributed by atoms with E-state index in [2.05, 4.69) is 0 Å². The predicted octanol–water partition coefficient (Wildman–Crippen LogP) is 6.18. The summed E-state index contributed by atoms with van der Waals surface area (Å²) in [5.74, 6) is -3.37. The summed E-state index contributed by atoms with van der Waals surface area (Å²) in [5.41, 5.74) is 1.65. The maximum atomic E-state index is 13.7. The van der Waals surface area contributed by atoms with Crippen LogP contribution in [0, 0.1) is 24.7 Å². The maximum absolute atomic E-state index is 13.7. The van der Waals surface area contributed by atoms with Gasteiger partial charge in [0.2, 0.25) is 0 Å². The number of hydrazine groups is 1. The Balaban J connectivity index is 1.38. The molecule has 0 bridgehead atoms. The SMILES string of the molecule is Cc1ccc(C(=O)Oc2ccc(C(=O)CN(C(=O)c3ccc(Cl)c(Cl)c3)N3C(=O)[C@@H]4CC[C@H](C)C[C@H]4C3=O)cc2)cc1. The molecule has 3 atom stereocenters. The van der Waals surface area contributed by atoms with Gasteiger partial charge in [-0.25, -0.2) is 9.80 Å². The topological polar surface area (TPSA) is 101 Å². The minimum Gasteiger partial charge on any atom is -0.423 e. The largest absolute Gasteiger partial charge is 0.423 e. The smallest absolute Gasteiger partial charge is 0.343 e. The van der Waals surface area contributed by atoms with Crippen LogP contribution in [0.3, 0.4) is 0 Å². The van der Waals surface area contributed by atoms with Gasteiger partial charge in [-0.15, -0.1) is 0 Å². The Bertz CT molecular complexity index is 1570. The standard InChI is InChI=1S/C32H28Cl2N2O6/c1-18-3-6-21(7-4-18)32(41)42-23-11-8-20(9-12-23)28(37)17-35(29(38)22-10-14-26(33)27(34)16-22)36-30(39)24-13-5-19(2)15-25(24)31(36)40/h3-4,6-12,14,16,19,24-25H,5,13,15,17H2,1-2H3/t19-,24+,25+/m0/s1. The molecule has 1 aliphatic carbocycles. The molecule has 0 aromatic heterocycles. The van der Waals surface area contributed by atoms with Crippen LogP contribution in [0.15, 0.2) is 66.7 Å². The second kappa shape index (κ2) is 12.1. The number of halogens is 2. The van der Waals surface area contributed by atoms with Crippen molar-refractivity contribution in [1.29, 1.82) is 0 Å². The molecule has 2 aliphatic rings. The molecule has 1 saturated heterocycles. The molecule has 0 N–H and O–H groups in total. The number of nitrogens with zero attached hydrogens (tertiary/aromatic N) is 2. The van der Waals surface area contributed by atoms with Gasteiger partial charge in [-0.2, -0.15) is 5.01 Å². The van der Waals surface area contributed by atoms with Crippen molar-refractivity contribution < 1.29 is 28.7 Å². The van der Waals surface area contributed by atoms with Gasteiger partial charge in [0.15, 0.2) is 5.78 Å². The van der Waals surface area contributed by atoms with E-state index >= 15 is 0 Å². The fraction of sp³-hybridized carbons (Fsp3) is 0.281. The van der Waals surface area contributed by atoms with Crippen LogP contribution < -0.4 is 4.74 Å². The Kier molecular flexibility index (Phi) is 8.48. The highest BCUT2D eigenvalue weighted by Crippen LogP contribution is 2.41. The summed E-state index contributed by atoms with van der Waals surface area (Å²) in [4.78, 5) is 66.6. The van der Waals surface area contributed by atoms with Gasteiger partial charge in [-0.05, 0) is 86.7 Å². The Morgan fingerprint density at radius 1 is 0.833 bits per heavy atom. The van der Waals surface area contributed by atoms with E-state index in [0.29, 0.717) is 18.4 Å². The van der Waals surface area contributed by atoms with Gasteiger partial charge in [0, 0.05) is 11.1 Å². The van der Waals surface area contributed by atoms with Gasteiger partial charge >= 0.3 is 5.97 Å². The first kappa shape index (κ1) is 29.5. The molecule has 216 valence electrons. The van der Waals surface area contributed by atoms with E-state index in [0.717, 1.165) is 22.0 Å². The fourth-order valence-corrected chi connectivity index (χ4v) is 5.71. The average molecular weight is 607 g/mol. The Labute approximate surface area is 253 Å². The Hall–Kier alpha value is -4.01. The second-order valence-electron chi connectivity index (χ2n) is 10.8. The number of ether oxygens (including phenoxy) is 1. The van der Waals surface area contributed by atoms with E-state index in [1.807, 2.05) is 13.8 Å². The van der Waals surface area contributed by atoms with Crippen molar-refractivity contribution in [2.24, 2.45) is 17.8 Å². The average Bonchev–Trinajstić information content (AvgIpc) is 3.21.